The standard InChI is InChI=1S/C23H31F3N4O3S/c1-4-5-6-8-30-12-19(28-29-30)18-11-22(10-14(2)27-18)20-16(7-9-33-22)17(13-32-15(3)31)21(34-20)23(24,25)26/h12,14,18,27H,4-11,13H2,1-3H3/t14-,18-,22?/m0/s1. The highest BCUT2D eigenvalue weighted by molar-refractivity contribution is 7.12. The van der Waals surface area contributed by atoms with Crippen LogP contribution in [0.4, 0.5) is 13.2 Å². The van der Waals surface area contributed by atoms with Crippen LogP contribution in [0.1, 0.15) is 85.5 Å². The molecule has 4 rings (SSSR count). The summed E-state index contributed by atoms with van der Waals surface area (Å²) in [6, 6.07) is -0.189. The molecule has 0 aromatic carbocycles. The van der Waals surface area contributed by atoms with Gasteiger partial charge in [-0.1, -0.05) is 25.0 Å². The van der Waals surface area contributed by atoms with E-state index in [1.54, 1.807) is 0 Å². The van der Waals surface area contributed by atoms with Gasteiger partial charge in [0.1, 0.15) is 17.1 Å². The van der Waals surface area contributed by atoms with Gasteiger partial charge in [-0.05, 0) is 31.7 Å². The lowest BCUT2D eigenvalue weighted by molar-refractivity contribution is -0.144. The zero-order valence-corrected chi connectivity index (χ0v) is 20.5. The van der Waals surface area contributed by atoms with Gasteiger partial charge in [0.2, 0.25) is 0 Å². The molecule has 1 fully saturated rings. The Labute approximate surface area is 201 Å². The van der Waals surface area contributed by atoms with Crippen LogP contribution in [0.3, 0.4) is 0 Å². The van der Waals surface area contributed by atoms with E-state index < -0.39 is 22.6 Å². The Hall–Kier alpha value is -1.98. The van der Waals surface area contributed by atoms with Crippen molar-refractivity contribution in [2.75, 3.05) is 6.61 Å². The molecular weight excluding hydrogens is 469 g/mol. The summed E-state index contributed by atoms with van der Waals surface area (Å²) in [6.07, 6.45) is 2.01. The molecule has 1 saturated heterocycles. The number of unbranched alkanes of at least 4 members (excludes halogenated alkanes) is 2. The minimum absolute atomic E-state index is 0.00305. The van der Waals surface area contributed by atoms with Crippen molar-refractivity contribution < 1.29 is 27.4 Å². The molecule has 0 amide bonds. The van der Waals surface area contributed by atoms with Crippen LogP contribution in [-0.2, 0) is 45.6 Å². The molecule has 3 atom stereocenters. The molecule has 7 nitrogen and oxygen atoms in total. The van der Waals surface area contributed by atoms with Gasteiger partial charge in [-0.25, -0.2) is 0 Å². The Morgan fingerprint density at radius 2 is 2.18 bits per heavy atom. The van der Waals surface area contributed by atoms with E-state index in [2.05, 4.69) is 22.6 Å². The number of aryl methyl sites for hydroxylation is 1. The summed E-state index contributed by atoms with van der Waals surface area (Å²) >= 11 is 0.734. The number of esters is 1. The molecule has 1 spiro atoms. The zero-order chi connectivity index (χ0) is 24.5. The lowest BCUT2D eigenvalue weighted by Crippen LogP contribution is -2.49. The highest BCUT2D eigenvalue weighted by Gasteiger charge is 2.50. The number of hydrogen-bond donors (Lipinski definition) is 1. The molecule has 34 heavy (non-hydrogen) atoms. The van der Waals surface area contributed by atoms with Gasteiger partial charge in [0.15, 0.2) is 0 Å². The molecular formula is C23H31F3N4O3S. The molecule has 0 aliphatic carbocycles. The van der Waals surface area contributed by atoms with Crippen LogP contribution in [0, 0.1) is 0 Å². The molecule has 4 heterocycles. The largest absolute Gasteiger partial charge is 0.461 e. The summed E-state index contributed by atoms with van der Waals surface area (Å²) in [6.45, 7) is 6.08. The summed E-state index contributed by atoms with van der Waals surface area (Å²) in [5.74, 6) is -0.604. The number of alkyl halides is 3. The second-order valence-corrected chi connectivity index (χ2v) is 10.3. The number of nitrogens with one attached hydrogen (secondary N) is 1. The molecule has 0 bridgehead atoms. The third kappa shape index (κ3) is 5.16. The van der Waals surface area contributed by atoms with E-state index in [4.69, 9.17) is 9.47 Å². The van der Waals surface area contributed by atoms with E-state index in [1.807, 2.05) is 17.8 Å². The SMILES string of the molecule is CCCCCn1cc([C@@H]2CC3(C[C@H](C)N2)OCCc2c3sc(C(F)(F)F)c2COC(C)=O)nn1. The fourth-order valence-electron chi connectivity index (χ4n) is 5.07. The minimum Gasteiger partial charge on any atom is -0.461 e. The number of hydrogen-bond acceptors (Lipinski definition) is 7. The second kappa shape index (κ2) is 9.94. The Kier molecular flexibility index (Phi) is 7.35. The van der Waals surface area contributed by atoms with E-state index in [-0.39, 0.29) is 24.3 Å². The first-order valence-electron chi connectivity index (χ1n) is 11.8. The summed E-state index contributed by atoms with van der Waals surface area (Å²) < 4.78 is 55.0. The summed E-state index contributed by atoms with van der Waals surface area (Å²) in [4.78, 5) is 11.2. The van der Waals surface area contributed by atoms with Crippen molar-refractivity contribution in [1.82, 2.24) is 20.3 Å². The van der Waals surface area contributed by atoms with Gasteiger partial charge in [0.05, 0.1) is 24.5 Å². The molecule has 2 aromatic heterocycles. The Bertz CT molecular complexity index is 1020. The Balaban J connectivity index is 1.66. The predicted octanol–water partition coefficient (Wildman–Crippen LogP) is 4.89. The monoisotopic (exact) mass is 500 g/mol. The molecule has 2 aliphatic heterocycles. The molecule has 2 aliphatic rings. The van der Waals surface area contributed by atoms with Crippen LogP contribution in [0.2, 0.25) is 0 Å². The van der Waals surface area contributed by atoms with Crippen molar-refractivity contribution in [2.45, 2.75) is 96.3 Å². The van der Waals surface area contributed by atoms with Gasteiger partial charge in [-0.3, -0.25) is 9.48 Å². The average molecular weight is 501 g/mol. The Morgan fingerprint density at radius 1 is 1.38 bits per heavy atom. The maximum Gasteiger partial charge on any atom is 0.426 e. The quantitative estimate of drug-likeness (QED) is 0.431. The molecule has 11 heteroatoms. The van der Waals surface area contributed by atoms with Gasteiger partial charge in [-0.2, -0.15) is 13.2 Å². The summed E-state index contributed by atoms with van der Waals surface area (Å²) in [5.41, 5.74) is 0.593. The smallest absolute Gasteiger partial charge is 0.426 e. The zero-order valence-electron chi connectivity index (χ0n) is 19.7. The number of carbonyl (C=O) groups excluding carboxylic acids is 1. The van der Waals surface area contributed by atoms with Crippen LogP contribution >= 0.6 is 11.3 Å². The fraction of sp³-hybridized carbons (Fsp3) is 0.696. The van der Waals surface area contributed by atoms with Gasteiger partial charge in [-0.15, -0.1) is 16.4 Å². The second-order valence-electron chi connectivity index (χ2n) is 9.23. The first-order valence-corrected chi connectivity index (χ1v) is 12.6. The molecule has 1 N–H and O–H groups in total. The Morgan fingerprint density at radius 3 is 2.88 bits per heavy atom. The first kappa shape index (κ1) is 25.1. The van der Waals surface area contributed by atoms with Gasteiger partial charge in [0, 0.05) is 36.4 Å². The number of piperidine rings is 1. The molecule has 1 unspecified atom stereocenters. The maximum absolute atomic E-state index is 14.0. The lowest BCUT2D eigenvalue weighted by atomic mass is 9.78. The minimum atomic E-state index is -4.53. The molecule has 0 saturated carbocycles. The predicted molar refractivity (Wildman–Crippen MR) is 120 cm³/mol. The topological polar surface area (TPSA) is 78.3 Å². The third-order valence-electron chi connectivity index (χ3n) is 6.50. The fourth-order valence-corrected chi connectivity index (χ4v) is 6.45. The number of halogens is 3. The van der Waals surface area contributed by atoms with E-state index in [0.717, 1.165) is 42.8 Å². The van der Waals surface area contributed by atoms with E-state index in [1.165, 1.54) is 6.92 Å². The number of thiophene rings is 1. The summed E-state index contributed by atoms with van der Waals surface area (Å²) in [5, 5.41) is 12.1. The first-order chi connectivity index (χ1) is 16.1. The highest BCUT2D eigenvalue weighted by Crippen LogP contribution is 2.53. The number of aromatic nitrogens is 3. The van der Waals surface area contributed by atoms with Crippen molar-refractivity contribution in [1.29, 1.82) is 0 Å². The molecule has 188 valence electrons. The van der Waals surface area contributed by atoms with Crippen LogP contribution < -0.4 is 5.32 Å². The van der Waals surface area contributed by atoms with Gasteiger partial charge in [0.25, 0.3) is 0 Å². The van der Waals surface area contributed by atoms with E-state index >= 15 is 0 Å². The van der Waals surface area contributed by atoms with Crippen molar-refractivity contribution >= 4 is 17.3 Å². The van der Waals surface area contributed by atoms with Crippen LogP contribution in [0.25, 0.3) is 0 Å². The van der Waals surface area contributed by atoms with Gasteiger partial charge >= 0.3 is 12.1 Å². The highest BCUT2D eigenvalue weighted by atomic mass is 32.1. The number of fused-ring (bicyclic) bond motifs is 2. The normalized spacial score (nSPS) is 24.9. The third-order valence-corrected chi connectivity index (χ3v) is 8.00. The number of nitrogens with zero attached hydrogens (tertiary/aromatic N) is 3. The number of rotatable bonds is 7. The van der Waals surface area contributed by atoms with Crippen LogP contribution in [-0.4, -0.2) is 33.6 Å². The average Bonchev–Trinajstić information content (AvgIpc) is 3.38. The number of ether oxygens (including phenoxy) is 2. The van der Waals surface area contributed by atoms with Crippen molar-refractivity contribution in [3.8, 4) is 0 Å². The van der Waals surface area contributed by atoms with Crippen molar-refractivity contribution in [3.63, 3.8) is 0 Å². The molecule has 0 radical (unpaired) electrons. The van der Waals surface area contributed by atoms with E-state index in [9.17, 15) is 18.0 Å². The van der Waals surface area contributed by atoms with Crippen molar-refractivity contribution in [2.24, 2.45) is 0 Å². The van der Waals surface area contributed by atoms with E-state index in [0.29, 0.717) is 36.3 Å². The van der Waals surface area contributed by atoms with Gasteiger partial charge < -0.3 is 14.8 Å². The van der Waals surface area contributed by atoms with Crippen LogP contribution in [0.15, 0.2) is 6.20 Å². The van der Waals surface area contributed by atoms with Crippen molar-refractivity contribution in [3.05, 3.63) is 32.8 Å². The maximum atomic E-state index is 14.0. The number of carbonyl (C=O) groups is 1. The summed E-state index contributed by atoms with van der Waals surface area (Å²) in [7, 11) is 0. The lowest BCUT2D eigenvalue weighted by Gasteiger charge is -2.45. The van der Waals surface area contributed by atoms with Crippen LogP contribution in [0.5, 0.6) is 0 Å². The molecule has 2 aromatic rings.